The van der Waals surface area contributed by atoms with Gasteiger partial charge < -0.3 is 24.6 Å². The van der Waals surface area contributed by atoms with Gasteiger partial charge in [-0.3, -0.25) is 4.79 Å². The van der Waals surface area contributed by atoms with Crippen molar-refractivity contribution in [1.82, 2.24) is 0 Å². The fraction of sp³-hybridized carbons (Fsp3) is 0.150. The largest absolute Gasteiger partial charge is 1.00 e. The van der Waals surface area contributed by atoms with Crippen LogP contribution in [0.3, 0.4) is 0 Å². The van der Waals surface area contributed by atoms with Crippen molar-refractivity contribution in [3.8, 4) is 23.0 Å². The van der Waals surface area contributed by atoms with Crippen molar-refractivity contribution in [3.63, 3.8) is 0 Å². The maximum Gasteiger partial charge on any atom is 1.00 e. The first kappa shape index (κ1) is 22.2. The van der Waals surface area contributed by atoms with Gasteiger partial charge in [-0.25, -0.2) is 0 Å². The molecule has 0 saturated carbocycles. The Morgan fingerprint density at radius 2 is 1.64 bits per heavy atom. The Morgan fingerprint density at radius 3 is 2.29 bits per heavy atom. The Labute approximate surface area is 189 Å². The SMILES string of the molecule is COc1ccc2cc([O-])c(C(=O)Nc3cc(OC)c(Cl)cc3OC)cc2c1.[Na+]. The van der Waals surface area contributed by atoms with Crippen LogP contribution in [0.25, 0.3) is 10.8 Å². The molecule has 3 rings (SSSR count). The van der Waals surface area contributed by atoms with Gasteiger partial charge in [-0.1, -0.05) is 29.5 Å². The van der Waals surface area contributed by atoms with E-state index in [9.17, 15) is 9.90 Å². The Balaban J connectivity index is 0.00000280. The zero-order chi connectivity index (χ0) is 19.6. The number of carbonyl (C=O) groups is 1. The van der Waals surface area contributed by atoms with Crippen LogP contribution in [-0.4, -0.2) is 27.2 Å². The smallest absolute Gasteiger partial charge is 0.872 e. The molecule has 0 atom stereocenters. The van der Waals surface area contributed by atoms with E-state index in [4.69, 9.17) is 25.8 Å². The first-order valence-corrected chi connectivity index (χ1v) is 8.36. The van der Waals surface area contributed by atoms with Crippen molar-refractivity contribution < 1.29 is 53.7 Å². The van der Waals surface area contributed by atoms with Crippen LogP contribution in [0.5, 0.6) is 23.0 Å². The Bertz CT molecular complexity index is 1030. The molecule has 0 heterocycles. The van der Waals surface area contributed by atoms with E-state index in [1.54, 1.807) is 25.3 Å². The summed E-state index contributed by atoms with van der Waals surface area (Å²) in [5, 5.41) is 16.9. The quantitative estimate of drug-likeness (QED) is 0.632. The molecule has 28 heavy (non-hydrogen) atoms. The van der Waals surface area contributed by atoms with Crippen molar-refractivity contribution in [1.29, 1.82) is 0 Å². The molecule has 0 unspecified atom stereocenters. The molecule has 3 aromatic carbocycles. The van der Waals surface area contributed by atoms with Crippen LogP contribution in [0.1, 0.15) is 10.4 Å². The van der Waals surface area contributed by atoms with E-state index in [-0.39, 0.29) is 40.9 Å². The minimum absolute atomic E-state index is 0. The zero-order valence-corrected chi connectivity index (χ0v) is 18.7. The summed E-state index contributed by atoms with van der Waals surface area (Å²) in [6, 6.07) is 11.3. The molecular formula is C20H17ClNNaO5. The van der Waals surface area contributed by atoms with E-state index < -0.39 is 5.91 Å². The van der Waals surface area contributed by atoms with Gasteiger partial charge >= 0.3 is 29.6 Å². The molecule has 0 bridgehead atoms. The Hall–Kier alpha value is -2.12. The molecule has 0 aliphatic carbocycles. The standard InChI is InChI=1S/C20H18ClNO5.Na/c1-25-13-5-4-11-8-17(23)14(7-12(11)6-13)20(24)22-16-10-18(26-2)15(21)9-19(16)27-3;/h4-10,23H,1-3H3,(H,22,24);/q;+1/p-1. The van der Waals surface area contributed by atoms with Gasteiger partial charge in [0.2, 0.25) is 0 Å². The van der Waals surface area contributed by atoms with Crippen molar-refractivity contribution in [3.05, 3.63) is 53.1 Å². The molecule has 1 N–H and O–H groups in total. The van der Waals surface area contributed by atoms with Gasteiger partial charge in [0.1, 0.15) is 17.2 Å². The van der Waals surface area contributed by atoms with Crippen molar-refractivity contribution in [2.45, 2.75) is 0 Å². The number of methoxy groups -OCH3 is 3. The number of nitrogens with one attached hydrogen (secondary N) is 1. The summed E-state index contributed by atoms with van der Waals surface area (Å²) >= 11 is 6.07. The van der Waals surface area contributed by atoms with E-state index in [1.807, 2.05) is 0 Å². The minimum atomic E-state index is -0.563. The van der Waals surface area contributed by atoms with E-state index in [0.717, 1.165) is 10.8 Å². The second-order valence-corrected chi connectivity index (χ2v) is 6.11. The molecule has 0 spiro atoms. The van der Waals surface area contributed by atoms with E-state index in [0.29, 0.717) is 28.0 Å². The molecule has 0 aromatic heterocycles. The maximum absolute atomic E-state index is 12.7. The van der Waals surface area contributed by atoms with Gasteiger partial charge in [-0.2, -0.15) is 0 Å². The van der Waals surface area contributed by atoms with Crippen LogP contribution in [-0.2, 0) is 0 Å². The average Bonchev–Trinajstić information content (AvgIpc) is 2.67. The second kappa shape index (κ2) is 9.39. The molecule has 8 heteroatoms. The molecule has 140 valence electrons. The molecule has 0 aliphatic rings. The van der Waals surface area contributed by atoms with E-state index in [2.05, 4.69) is 5.32 Å². The molecular weight excluding hydrogens is 393 g/mol. The van der Waals surface area contributed by atoms with E-state index >= 15 is 0 Å². The predicted octanol–water partition coefficient (Wildman–Crippen LogP) is 0.849. The van der Waals surface area contributed by atoms with Crippen LogP contribution in [0.2, 0.25) is 5.02 Å². The van der Waals surface area contributed by atoms with Crippen LogP contribution in [0, 0.1) is 0 Å². The number of rotatable bonds is 5. The third-order valence-corrected chi connectivity index (χ3v) is 4.41. The van der Waals surface area contributed by atoms with E-state index in [1.165, 1.54) is 38.5 Å². The van der Waals surface area contributed by atoms with Crippen molar-refractivity contribution in [2.75, 3.05) is 26.6 Å². The Kier molecular flexibility index (Phi) is 7.43. The second-order valence-electron chi connectivity index (χ2n) is 5.70. The summed E-state index contributed by atoms with van der Waals surface area (Å²) in [4.78, 5) is 12.7. The predicted molar refractivity (Wildman–Crippen MR) is 102 cm³/mol. The number of carbonyl (C=O) groups excluding carboxylic acids is 1. The number of anilines is 1. The third-order valence-electron chi connectivity index (χ3n) is 4.11. The van der Waals surface area contributed by atoms with Gasteiger partial charge in [0.25, 0.3) is 5.91 Å². The first-order chi connectivity index (χ1) is 13.0. The molecule has 0 radical (unpaired) electrons. The van der Waals surface area contributed by atoms with Gasteiger partial charge in [0, 0.05) is 17.7 Å². The fourth-order valence-electron chi connectivity index (χ4n) is 2.71. The number of hydrogen-bond acceptors (Lipinski definition) is 5. The number of ether oxygens (including phenoxy) is 3. The normalized spacial score (nSPS) is 10.1. The third kappa shape index (κ3) is 4.47. The van der Waals surface area contributed by atoms with Gasteiger partial charge in [-0.15, -0.1) is 0 Å². The van der Waals surface area contributed by atoms with Crippen molar-refractivity contribution >= 4 is 34.0 Å². The molecule has 1 amide bonds. The fourth-order valence-corrected chi connectivity index (χ4v) is 2.94. The summed E-state index contributed by atoms with van der Waals surface area (Å²) in [6.07, 6.45) is 0. The molecule has 3 aromatic rings. The summed E-state index contributed by atoms with van der Waals surface area (Å²) < 4.78 is 15.6. The number of halogens is 1. The van der Waals surface area contributed by atoms with Crippen LogP contribution in [0.4, 0.5) is 5.69 Å². The number of hydrogen-bond donors (Lipinski definition) is 1. The average molecular weight is 410 g/mol. The van der Waals surface area contributed by atoms with Crippen LogP contribution >= 0.6 is 11.6 Å². The summed E-state index contributed by atoms with van der Waals surface area (Å²) in [7, 11) is 4.47. The number of fused-ring (bicyclic) bond motifs is 1. The van der Waals surface area contributed by atoms with Gasteiger partial charge in [0.05, 0.1) is 32.0 Å². The van der Waals surface area contributed by atoms with Gasteiger partial charge in [-0.05, 0) is 29.0 Å². The Morgan fingerprint density at radius 1 is 0.929 bits per heavy atom. The summed E-state index contributed by atoms with van der Waals surface area (Å²) in [6.45, 7) is 0. The maximum atomic E-state index is 12.7. The number of benzene rings is 3. The van der Waals surface area contributed by atoms with Crippen LogP contribution in [0.15, 0.2) is 42.5 Å². The summed E-state index contributed by atoms with van der Waals surface area (Å²) in [5.74, 6) is 0.413. The summed E-state index contributed by atoms with van der Waals surface area (Å²) in [5.41, 5.74) is 0.348. The molecule has 0 saturated heterocycles. The molecule has 0 fully saturated rings. The molecule has 6 nitrogen and oxygen atoms in total. The zero-order valence-electron chi connectivity index (χ0n) is 16.0. The minimum Gasteiger partial charge on any atom is -0.872 e. The van der Waals surface area contributed by atoms with Gasteiger partial charge in [0.15, 0.2) is 0 Å². The van der Waals surface area contributed by atoms with Crippen molar-refractivity contribution in [2.24, 2.45) is 0 Å². The monoisotopic (exact) mass is 409 g/mol. The van der Waals surface area contributed by atoms with Crippen LogP contribution < -0.4 is 54.2 Å². The topological polar surface area (TPSA) is 79.9 Å². The first-order valence-electron chi connectivity index (χ1n) is 7.98. The molecule has 0 aliphatic heterocycles. The number of amides is 1.